The fourth-order valence-electron chi connectivity index (χ4n) is 1.32. The number of halogens is 1. The van der Waals surface area contributed by atoms with Crippen LogP contribution in [0, 0.1) is 17.7 Å². The van der Waals surface area contributed by atoms with E-state index in [1.54, 1.807) is 0 Å². The summed E-state index contributed by atoms with van der Waals surface area (Å²) in [6.07, 6.45) is 0. The lowest BCUT2D eigenvalue weighted by Gasteiger charge is -2.00. The lowest BCUT2D eigenvalue weighted by molar-refractivity contribution is -0.149. The highest BCUT2D eigenvalue weighted by molar-refractivity contribution is 6.40. The molecule has 0 bridgehead atoms. The van der Waals surface area contributed by atoms with Gasteiger partial charge < -0.3 is 13.9 Å². The third-order valence-corrected chi connectivity index (χ3v) is 2.28. The van der Waals surface area contributed by atoms with E-state index in [1.807, 2.05) is 0 Å². The summed E-state index contributed by atoms with van der Waals surface area (Å²) >= 11 is 0. The number of furan rings is 1. The number of ketones is 1. The predicted octanol–water partition coefficient (Wildman–Crippen LogP) is 2.30. The van der Waals surface area contributed by atoms with Crippen LogP contribution in [-0.2, 0) is 14.3 Å². The zero-order chi connectivity index (χ0) is 15.2. The van der Waals surface area contributed by atoms with E-state index in [-0.39, 0.29) is 17.5 Å². The van der Waals surface area contributed by atoms with Crippen molar-refractivity contribution in [2.45, 2.75) is 0 Å². The van der Waals surface area contributed by atoms with E-state index in [9.17, 15) is 14.0 Å². The van der Waals surface area contributed by atoms with Gasteiger partial charge in [-0.15, -0.1) is 0 Å². The van der Waals surface area contributed by atoms with Gasteiger partial charge in [-0.1, -0.05) is 0 Å². The lowest BCUT2D eigenvalue weighted by Crippen LogP contribution is -2.12. The Bertz CT molecular complexity index is 719. The Morgan fingerprint density at radius 2 is 1.86 bits per heavy atom. The maximum absolute atomic E-state index is 12.7. The monoisotopic (exact) mass is 288 g/mol. The molecule has 0 amide bonds. The third-order valence-electron chi connectivity index (χ3n) is 2.28. The Hall–Kier alpha value is -3.07. The van der Waals surface area contributed by atoms with Crippen LogP contribution in [0.25, 0.3) is 0 Å². The van der Waals surface area contributed by atoms with Gasteiger partial charge in [0.2, 0.25) is 0 Å². The predicted molar refractivity (Wildman–Crippen MR) is 69.1 cm³/mol. The average molecular weight is 288 g/mol. The Morgan fingerprint density at radius 1 is 1.14 bits per heavy atom. The van der Waals surface area contributed by atoms with Crippen molar-refractivity contribution in [1.29, 1.82) is 0 Å². The van der Waals surface area contributed by atoms with E-state index < -0.39 is 11.8 Å². The molecule has 0 fully saturated rings. The van der Waals surface area contributed by atoms with E-state index in [1.165, 1.54) is 36.4 Å². The van der Waals surface area contributed by atoms with Crippen LogP contribution in [0.4, 0.5) is 4.39 Å². The molecule has 0 N–H and O–H groups in total. The van der Waals surface area contributed by atoms with Crippen molar-refractivity contribution in [2.75, 3.05) is 7.11 Å². The maximum atomic E-state index is 12.7. The Labute approximate surface area is 119 Å². The van der Waals surface area contributed by atoms with Crippen molar-refractivity contribution in [3.05, 3.63) is 48.0 Å². The summed E-state index contributed by atoms with van der Waals surface area (Å²) in [7, 11) is 1.09. The summed E-state index contributed by atoms with van der Waals surface area (Å²) < 4.78 is 27.4. The minimum atomic E-state index is -1.04. The van der Waals surface area contributed by atoms with Gasteiger partial charge in [-0.25, -0.2) is 9.18 Å². The van der Waals surface area contributed by atoms with Gasteiger partial charge in [0.15, 0.2) is 5.76 Å². The third kappa shape index (κ3) is 3.94. The standard InChI is InChI=1S/C15H9FO5/c1-19-15(18)13(17)8-6-12-7-9-14(21-12)20-11-4-2-10(16)3-5-11/h2-5,7,9H,1H3. The number of esters is 1. The number of hydrogen-bond acceptors (Lipinski definition) is 5. The van der Waals surface area contributed by atoms with Crippen LogP contribution in [0.2, 0.25) is 0 Å². The van der Waals surface area contributed by atoms with Gasteiger partial charge in [-0.2, -0.15) is 0 Å². The summed E-state index contributed by atoms with van der Waals surface area (Å²) in [5.41, 5.74) is 0. The SMILES string of the molecule is COC(=O)C(=O)C#Cc1ccc(Oc2ccc(F)cc2)o1. The Balaban J connectivity index is 2.05. The minimum Gasteiger partial charge on any atom is -0.463 e. The molecule has 2 rings (SSSR count). The number of carbonyl (C=O) groups excluding carboxylic acids is 2. The van der Waals surface area contributed by atoms with Gasteiger partial charge in [-0.3, -0.25) is 4.79 Å². The second-order valence-corrected chi connectivity index (χ2v) is 3.75. The van der Waals surface area contributed by atoms with Gasteiger partial charge in [0, 0.05) is 6.07 Å². The molecule has 5 nitrogen and oxygen atoms in total. The van der Waals surface area contributed by atoms with E-state index in [2.05, 4.69) is 16.6 Å². The second-order valence-electron chi connectivity index (χ2n) is 3.75. The number of hydrogen-bond donors (Lipinski definition) is 0. The topological polar surface area (TPSA) is 65.7 Å². The molecule has 0 aliphatic heterocycles. The first-order valence-corrected chi connectivity index (χ1v) is 5.76. The average Bonchev–Trinajstić information content (AvgIpc) is 2.94. The Kier molecular flexibility index (Phi) is 4.36. The molecular weight excluding hydrogens is 279 g/mol. The molecule has 0 saturated carbocycles. The van der Waals surface area contributed by atoms with Crippen molar-refractivity contribution in [1.82, 2.24) is 0 Å². The molecule has 1 aromatic heterocycles. The van der Waals surface area contributed by atoms with Gasteiger partial charge in [0.1, 0.15) is 11.6 Å². The molecule has 0 atom stereocenters. The number of rotatable bonds is 3. The zero-order valence-electron chi connectivity index (χ0n) is 10.9. The minimum absolute atomic E-state index is 0.122. The first kappa shape index (κ1) is 14.3. The molecule has 106 valence electrons. The van der Waals surface area contributed by atoms with Gasteiger partial charge in [0.25, 0.3) is 5.95 Å². The number of Topliss-reactive ketones (excluding diaryl/α,β-unsaturated/α-hetero) is 1. The van der Waals surface area contributed by atoms with Crippen molar-refractivity contribution in [3.63, 3.8) is 0 Å². The maximum Gasteiger partial charge on any atom is 0.387 e. The number of benzene rings is 1. The summed E-state index contributed by atoms with van der Waals surface area (Å²) in [5.74, 6) is 2.69. The summed E-state index contributed by atoms with van der Waals surface area (Å²) in [6.45, 7) is 0. The quantitative estimate of drug-likeness (QED) is 0.492. The van der Waals surface area contributed by atoms with Gasteiger partial charge in [-0.05, 0) is 42.2 Å². The van der Waals surface area contributed by atoms with Crippen LogP contribution in [0.1, 0.15) is 5.76 Å². The van der Waals surface area contributed by atoms with Crippen molar-refractivity contribution < 1.29 is 27.9 Å². The van der Waals surface area contributed by atoms with Crippen LogP contribution in [0.5, 0.6) is 11.7 Å². The lowest BCUT2D eigenvalue weighted by atomic mass is 10.3. The highest BCUT2D eigenvalue weighted by atomic mass is 19.1. The zero-order valence-corrected chi connectivity index (χ0v) is 10.9. The number of methoxy groups -OCH3 is 1. The molecule has 0 saturated heterocycles. The van der Waals surface area contributed by atoms with E-state index in [4.69, 9.17) is 9.15 Å². The van der Waals surface area contributed by atoms with Crippen LogP contribution in [-0.4, -0.2) is 18.9 Å². The molecule has 0 aliphatic rings. The second kappa shape index (κ2) is 6.39. The first-order chi connectivity index (χ1) is 10.1. The summed E-state index contributed by atoms with van der Waals surface area (Å²) in [4.78, 5) is 22.0. The molecule has 0 spiro atoms. The molecular formula is C15H9FO5. The largest absolute Gasteiger partial charge is 0.463 e. The van der Waals surface area contributed by atoms with Crippen LogP contribution in [0.15, 0.2) is 40.8 Å². The normalized spacial score (nSPS) is 9.43. The molecule has 1 aromatic carbocycles. The van der Waals surface area contributed by atoms with Crippen LogP contribution >= 0.6 is 0 Å². The van der Waals surface area contributed by atoms with Crippen LogP contribution < -0.4 is 4.74 Å². The molecule has 2 aromatic rings. The summed E-state index contributed by atoms with van der Waals surface area (Å²) in [6, 6.07) is 8.31. The molecule has 1 heterocycles. The Morgan fingerprint density at radius 3 is 2.52 bits per heavy atom. The van der Waals surface area contributed by atoms with Gasteiger partial charge in [0.05, 0.1) is 7.11 Å². The smallest absolute Gasteiger partial charge is 0.387 e. The number of carbonyl (C=O) groups is 2. The van der Waals surface area contributed by atoms with Crippen molar-refractivity contribution in [3.8, 4) is 23.5 Å². The van der Waals surface area contributed by atoms with Crippen molar-refractivity contribution >= 4 is 11.8 Å². The van der Waals surface area contributed by atoms with E-state index in [0.29, 0.717) is 5.75 Å². The van der Waals surface area contributed by atoms with Crippen molar-refractivity contribution in [2.24, 2.45) is 0 Å². The molecule has 0 radical (unpaired) electrons. The van der Waals surface area contributed by atoms with Gasteiger partial charge >= 0.3 is 11.8 Å². The molecule has 21 heavy (non-hydrogen) atoms. The fraction of sp³-hybridized carbons (Fsp3) is 0.0667. The van der Waals surface area contributed by atoms with Crippen LogP contribution in [0.3, 0.4) is 0 Å². The highest BCUT2D eigenvalue weighted by Crippen LogP contribution is 2.23. The summed E-state index contributed by atoms with van der Waals surface area (Å²) in [5, 5.41) is 0. The van der Waals surface area contributed by atoms with E-state index >= 15 is 0 Å². The van der Waals surface area contributed by atoms with E-state index in [0.717, 1.165) is 7.11 Å². The fourth-order valence-corrected chi connectivity index (χ4v) is 1.32. The first-order valence-electron chi connectivity index (χ1n) is 5.76. The molecule has 6 heteroatoms. The molecule has 0 unspecified atom stereocenters. The number of ether oxygens (including phenoxy) is 2. The highest BCUT2D eigenvalue weighted by Gasteiger charge is 2.10. The molecule has 0 aliphatic carbocycles.